The number of ether oxygens (including phenoxy) is 2. The highest BCUT2D eigenvalue weighted by molar-refractivity contribution is 5.87. The average Bonchev–Trinajstić information content (AvgIpc) is 2.65. The highest BCUT2D eigenvalue weighted by atomic mass is 16.6. The number of esters is 2. The first kappa shape index (κ1) is 17.0. The smallest absolute Gasteiger partial charge is 0.333 e. The SMILES string of the molecule is C/C=C(\C)C(=O)O[C@@H]1C[C@@H]2C[C@@H](OC(=O)C(C)C)[C@H](C1)N2C. The van der Waals surface area contributed by atoms with E-state index in [1.165, 1.54) is 0 Å². The molecule has 2 aliphatic heterocycles. The maximum atomic E-state index is 11.9. The Kier molecular flexibility index (Phi) is 5.27. The van der Waals surface area contributed by atoms with Crippen LogP contribution in [0.2, 0.25) is 0 Å². The van der Waals surface area contributed by atoms with Gasteiger partial charge in [0.25, 0.3) is 0 Å². The fourth-order valence-corrected chi connectivity index (χ4v) is 3.24. The van der Waals surface area contributed by atoms with Gasteiger partial charge in [-0.25, -0.2) is 4.79 Å². The van der Waals surface area contributed by atoms with Crippen LogP contribution >= 0.6 is 0 Å². The zero-order valence-electron chi connectivity index (χ0n) is 14.2. The van der Waals surface area contributed by atoms with Crippen molar-refractivity contribution in [3.63, 3.8) is 0 Å². The zero-order valence-corrected chi connectivity index (χ0v) is 14.2. The summed E-state index contributed by atoms with van der Waals surface area (Å²) < 4.78 is 11.2. The molecule has 2 rings (SSSR count). The third kappa shape index (κ3) is 3.51. The number of fused-ring (bicyclic) bond motifs is 2. The van der Waals surface area contributed by atoms with Gasteiger partial charge in [0.2, 0.25) is 0 Å². The van der Waals surface area contributed by atoms with E-state index in [9.17, 15) is 9.59 Å². The van der Waals surface area contributed by atoms with Gasteiger partial charge in [0, 0.05) is 30.9 Å². The van der Waals surface area contributed by atoms with Crippen molar-refractivity contribution in [3.05, 3.63) is 11.6 Å². The minimum absolute atomic E-state index is 0.0867. The molecule has 22 heavy (non-hydrogen) atoms. The monoisotopic (exact) mass is 309 g/mol. The van der Waals surface area contributed by atoms with E-state index in [-0.39, 0.29) is 36.1 Å². The molecule has 0 aromatic carbocycles. The van der Waals surface area contributed by atoms with Crippen LogP contribution in [0.4, 0.5) is 0 Å². The standard InChI is InChI=1S/C17H27NO4/c1-6-11(4)17(20)21-13-7-12-8-15(14(9-13)18(12)5)22-16(19)10(2)3/h6,10,12-15H,7-9H2,1-5H3/b11-6+/t12-,13-,14+,15-/m1/s1. The highest BCUT2D eigenvalue weighted by Gasteiger charge is 2.47. The van der Waals surface area contributed by atoms with E-state index in [4.69, 9.17) is 9.47 Å². The third-order valence-corrected chi connectivity index (χ3v) is 4.84. The lowest BCUT2D eigenvalue weighted by Gasteiger charge is -2.36. The topological polar surface area (TPSA) is 55.8 Å². The van der Waals surface area contributed by atoms with E-state index in [1.54, 1.807) is 13.0 Å². The lowest BCUT2D eigenvalue weighted by atomic mass is 10.00. The van der Waals surface area contributed by atoms with E-state index in [1.807, 2.05) is 20.8 Å². The van der Waals surface area contributed by atoms with Crippen molar-refractivity contribution in [2.75, 3.05) is 7.05 Å². The molecule has 4 atom stereocenters. The van der Waals surface area contributed by atoms with Gasteiger partial charge in [-0.1, -0.05) is 19.9 Å². The Balaban J connectivity index is 1.98. The fourth-order valence-electron chi connectivity index (χ4n) is 3.24. The number of allylic oxidation sites excluding steroid dienone is 1. The molecule has 0 saturated carbocycles. The van der Waals surface area contributed by atoms with Crippen LogP contribution < -0.4 is 0 Å². The molecule has 2 fully saturated rings. The van der Waals surface area contributed by atoms with Crippen LogP contribution in [0.5, 0.6) is 0 Å². The summed E-state index contributed by atoms with van der Waals surface area (Å²) in [6, 6.07) is 0.456. The van der Waals surface area contributed by atoms with Gasteiger partial charge in [-0.05, 0) is 20.9 Å². The number of hydrogen-bond donors (Lipinski definition) is 0. The van der Waals surface area contributed by atoms with Crippen molar-refractivity contribution in [2.45, 2.75) is 71.2 Å². The molecule has 0 N–H and O–H groups in total. The Morgan fingerprint density at radius 3 is 2.45 bits per heavy atom. The van der Waals surface area contributed by atoms with Crippen LogP contribution in [0.15, 0.2) is 11.6 Å². The number of likely N-dealkylation sites (N-methyl/N-ethyl adjacent to an activating group) is 1. The van der Waals surface area contributed by atoms with E-state index in [2.05, 4.69) is 11.9 Å². The van der Waals surface area contributed by atoms with Crippen molar-refractivity contribution in [1.29, 1.82) is 0 Å². The molecule has 5 heteroatoms. The number of nitrogens with zero attached hydrogens (tertiary/aromatic N) is 1. The number of carbonyl (C=O) groups is 2. The molecule has 124 valence electrons. The van der Waals surface area contributed by atoms with Gasteiger partial charge in [-0.15, -0.1) is 0 Å². The summed E-state index contributed by atoms with van der Waals surface area (Å²) in [5, 5.41) is 0. The molecule has 5 nitrogen and oxygen atoms in total. The van der Waals surface area contributed by atoms with Crippen molar-refractivity contribution in [3.8, 4) is 0 Å². The first-order valence-electron chi connectivity index (χ1n) is 8.09. The molecule has 0 aromatic heterocycles. The van der Waals surface area contributed by atoms with Gasteiger partial charge >= 0.3 is 11.9 Å². The summed E-state index contributed by atoms with van der Waals surface area (Å²) in [6.45, 7) is 7.28. The molecule has 0 radical (unpaired) electrons. The van der Waals surface area contributed by atoms with Gasteiger partial charge in [0.05, 0.1) is 12.0 Å². The predicted molar refractivity (Wildman–Crippen MR) is 83.2 cm³/mol. The van der Waals surface area contributed by atoms with Gasteiger partial charge < -0.3 is 9.47 Å². The summed E-state index contributed by atoms with van der Waals surface area (Å²) in [4.78, 5) is 26.0. The Bertz CT molecular complexity index is 471. The molecular weight excluding hydrogens is 282 g/mol. The normalized spacial score (nSPS) is 32.2. The number of rotatable bonds is 4. The van der Waals surface area contributed by atoms with Crippen molar-refractivity contribution < 1.29 is 19.1 Å². The lowest BCUT2D eigenvalue weighted by Crippen LogP contribution is -2.46. The summed E-state index contributed by atoms with van der Waals surface area (Å²) in [5.41, 5.74) is 0.633. The Hall–Kier alpha value is -1.36. The van der Waals surface area contributed by atoms with Gasteiger partial charge in [-0.3, -0.25) is 9.69 Å². The van der Waals surface area contributed by atoms with E-state index in [0.29, 0.717) is 11.6 Å². The van der Waals surface area contributed by atoms with E-state index < -0.39 is 0 Å². The second-order valence-electron chi connectivity index (χ2n) is 6.72. The van der Waals surface area contributed by atoms with Gasteiger partial charge in [0.1, 0.15) is 12.2 Å². The van der Waals surface area contributed by atoms with Crippen molar-refractivity contribution >= 4 is 11.9 Å². The Labute approximate surface area is 132 Å². The predicted octanol–water partition coefficient (Wildman–Crippen LogP) is 2.30. The Morgan fingerprint density at radius 1 is 1.18 bits per heavy atom. The summed E-state index contributed by atoms with van der Waals surface area (Å²) in [6.07, 6.45) is 3.96. The van der Waals surface area contributed by atoms with Gasteiger partial charge in [0.15, 0.2) is 0 Å². The second kappa shape index (κ2) is 6.82. The van der Waals surface area contributed by atoms with Crippen LogP contribution in [-0.2, 0) is 19.1 Å². The molecule has 2 bridgehead atoms. The summed E-state index contributed by atoms with van der Waals surface area (Å²) in [7, 11) is 2.06. The molecule has 0 aromatic rings. The largest absolute Gasteiger partial charge is 0.460 e. The first-order valence-corrected chi connectivity index (χ1v) is 8.09. The lowest BCUT2D eigenvalue weighted by molar-refractivity contribution is -0.156. The number of hydrogen-bond acceptors (Lipinski definition) is 5. The maximum Gasteiger partial charge on any atom is 0.333 e. The molecule has 0 unspecified atom stereocenters. The van der Waals surface area contributed by atoms with E-state index in [0.717, 1.165) is 19.3 Å². The molecule has 2 heterocycles. The Morgan fingerprint density at radius 2 is 1.86 bits per heavy atom. The van der Waals surface area contributed by atoms with Crippen LogP contribution in [0.25, 0.3) is 0 Å². The quantitative estimate of drug-likeness (QED) is 0.589. The first-order chi connectivity index (χ1) is 10.3. The highest BCUT2D eigenvalue weighted by Crippen LogP contribution is 2.37. The third-order valence-electron chi connectivity index (χ3n) is 4.84. The van der Waals surface area contributed by atoms with Crippen LogP contribution in [-0.4, -0.2) is 48.2 Å². The molecular formula is C17H27NO4. The molecule has 0 spiro atoms. The van der Waals surface area contributed by atoms with E-state index >= 15 is 0 Å². The van der Waals surface area contributed by atoms with Crippen LogP contribution in [0.3, 0.4) is 0 Å². The maximum absolute atomic E-state index is 11.9. The minimum atomic E-state index is -0.243. The van der Waals surface area contributed by atoms with Crippen LogP contribution in [0.1, 0.15) is 47.0 Å². The molecule has 0 aliphatic carbocycles. The van der Waals surface area contributed by atoms with Crippen molar-refractivity contribution in [1.82, 2.24) is 4.90 Å². The molecule has 0 amide bonds. The summed E-state index contributed by atoms with van der Waals surface area (Å²) in [5.74, 6) is -0.506. The van der Waals surface area contributed by atoms with Gasteiger partial charge in [-0.2, -0.15) is 0 Å². The van der Waals surface area contributed by atoms with Crippen molar-refractivity contribution in [2.24, 2.45) is 5.92 Å². The average molecular weight is 309 g/mol. The number of carbonyl (C=O) groups excluding carboxylic acids is 2. The number of piperidine rings is 1. The fraction of sp³-hybridized carbons (Fsp3) is 0.765. The van der Waals surface area contributed by atoms with Crippen LogP contribution in [0, 0.1) is 5.92 Å². The summed E-state index contributed by atoms with van der Waals surface area (Å²) >= 11 is 0. The molecule has 2 aliphatic rings. The molecule has 2 saturated heterocycles. The minimum Gasteiger partial charge on any atom is -0.460 e. The zero-order chi connectivity index (χ0) is 16.4. The second-order valence-corrected chi connectivity index (χ2v) is 6.72.